The highest BCUT2D eigenvalue weighted by Gasteiger charge is 2.36. The van der Waals surface area contributed by atoms with Crippen LogP contribution in [0.15, 0.2) is 36.4 Å². The van der Waals surface area contributed by atoms with Crippen molar-refractivity contribution in [3.8, 4) is 11.3 Å². The van der Waals surface area contributed by atoms with Gasteiger partial charge in [-0.05, 0) is 12.0 Å². The van der Waals surface area contributed by atoms with Gasteiger partial charge in [0, 0.05) is 25.2 Å². The highest BCUT2D eigenvalue weighted by molar-refractivity contribution is 7.16. The monoisotopic (exact) mass is 408 g/mol. The minimum absolute atomic E-state index is 0.119. The number of imidazole rings is 1. The lowest BCUT2D eigenvalue weighted by atomic mass is 10.1. The summed E-state index contributed by atoms with van der Waals surface area (Å²) in [6.45, 7) is 4.57. The molecule has 0 fully saturated rings. The fraction of sp³-hybridized carbons (Fsp3) is 0.316. The van der Waals surface area contributed by atoms with Crippen molar-refractivity contribution in [2.75, 3.05) is 13.6 Å². The van der Waals surface area contributed by atoms with Gasteiger partial charge in [-0.2, -0.15) is 13.2 Å². The summed E-state index contributed by atoms with van der Waals surface area (Å²) in [5.74, 6) is 0.0609. The molecule has 2 aromatic heterocycles. The van der Waals surface area contributed by atoms with Crippen LogP contribution in [0, 0.1) is 5.92 Å². The Morgan fingerprint density at radius 3 is 2.57 bits per heavy atom. The molecule has 0 aliphatic carbocycles. The van der Waals surface area contributed by atoms with Gasteiger partial charge < -0.3 is 4.90 Å². The molecule has 0 N–H and O–H groups in total. The first kappa shape index (κ1) is 20.1. The highest BCUT2D eigenvalue weighted by atomic mass is 32.1. The van der Waals surface area contributed by atoms with Crippen molar-refractivity contribution in [3.05, 3.63) is 47.1 Å². The van der Waals surface area contributed by atoms with Crippen molar-refractivity contribution in [2.24, 2.45) is 5.92 Å². The van der Waals surface area contributed by atoms with Crippen molar-refractivity contribution in [3.63, 3.8) is 0 Å². The van der Waals surface area contributed by atoms with Crippen LogP contribution in [0.3, 0.4) is 0 Å². The number of benzene rings is 1. The highest BCUT2D eigenvalue weighted by Crippen LogP contribution is 2.35. The molecule has 0 saturated heterocycles. The summed E-state index contributed by atoms with van der Waals surface area (Å²) in [5, 5.41) is 2.69. The van der Waals surface area contributed by atoms with Crippen LogP contribution in [0.5, 0.6) is 0 Å². The quantitative estimate of drug-likeness (QED) is 0.580. The summed E-state index contributed by atoms with van der Waals surface area (Å²) in [5.41, 5.74) is 1.54. The first-order valence-corrected chi connectivity index (χ1v) is 9.44. The van der Waals surface area contributed by atoms with Crippen molar-refractivity contribution < 1.29 is 18.0 Å². The number of aromatic nitrogens is 3. The number of fused-ring (bicyclic) bond motifs is 1. The van der Waals surface area contributed by atoms with Gasteiger partial charge >= 0.3 is 6.18 Å². The van der Waals surface area contributed by atoms with Crippen molar-refractivity contribution in [2.45, 2.75) is 20.0 Å². The van der Waals surface area contributed by atoms with Gasteiger partial charge in [-0.25, -0.2) is 9.50 Å². The van der Waals surface area contributed by atoms with Crippen molar-refractivity contribution in [1.82, 2.24) is 19.5 Å². The minimum atomic E-state index is -4.55. The third-order valence-electron chi connectivity index (χ3n) is 3.93. The van der Waals surface area contributed by atoms with Gasteiger partial charge in [0.1, 0.15) is 0 Å². The van der Waals surface area contributed by atoms with E-state index in [0.29, 0.717) is 35.2 Å². The van der Waals surface area contributed by atoms with E-state index >= 15 is 0 Å². The van der Waals surface area contributed by atoms with Crippen LogP contribution in [-0.2, 0) is 11.0 Å². The average Bonchev–Trinajstić information content (AvgIpc) is 3.18. The Labute approximate surface area is 164 Å². The molecule has 1 aromatic carbocycles. The maximum atomic E-state index is 13.0. The summed E-state index contributed by atoms with van der Waals surface area (Å²) in [6, 6.07) is 9.07. The van der Waals surface area contributed by atoms with E-state index in [4.69, 9.17) is 0 Å². The van der Waals surface area contributed by atoms with Crippen LogP contribution in [0.1, 0.15) is 24.5 Å². The Balaban J connectivity index is 2.05. The van der Waals surface area contributed by atoms with Gasteiger partial charge in [0.25, 0.3) is 0 Å². The lowest BCUT2D eigenvalue weighted by molar-refractivity contribution is -0.138. The van der Waals surface area contributed by atoms with Gasteiger partial charge in [-0.1, -0.05) is 55.5 Å². The summed E-state index contributed by atoms with van der Waals surface area (Å²) < 4.78 is 40.2. The molecule has 0 aliphatic heterocycles. The molecule has 3 rings (SSSR count). The summed E-state index contributed by atoms with van der Waals surface area (Å²) in [7, 11) is 1.68. The number of amides is 1. The van der Waals surface area contributed by atoms with Crippen LogP contribution in [-0.4, -0.2) is 39.0 Å². The van der Waals surface area contributed by atoms with Crippen LogP contribution in [0.25, 0.3) is 22.3 Å². The zero-order chi connectivity index (χ0) is 20.5. The molecule has 2 heterocycles. The van der Waals surface area contributed by atoms with Crippen molar-refractivity contribution in [1.29, 1.82) is 0 Å². The number of alkyl halides is 3. The zero-order valence-electron chi connectivity index (χ0n) is 15.6. The minimum Gasteiger partial charge on any atom is -0.342 e. The maximum Gasteiger partial charge on any atom is 0.445 e. The van der Waals surface area contributed by atoms with Crippen LogP contribution >= 0.6 is 11.3 Å². The number of likely N-dealkylation sites (N-methyl/N-ethyl adjacent to an activating group) is 1. The third-order valence-corrected chi connectivity index (χ3v) is 4.88. The van der Waals surface area contributed by atoms with E-state index in [9.17, 15) is 18.0 Å². The third kappa shape index (κ3) is 4.24. The fourth-order valence-corrected chi connectivity index (χ4v) is 3.53. The topological polar surface area (TPSA) is 50.5 Å². The second-order valence-electron chi connectivity index (χ2n) is 6.76. The van der Waals surface area contributed by atoms with E-state index in [1.807, 2.05) is 32.0 Å². The number of carbonyl (C=O) groups is 1. The Hall–Kier alpha value is -2.68. The van der Waals surface area contributed by atoms with Gasteiger partial charge in [-0.3, -0.25) is 4.79 Å². The first-order valence-electron chi connectivity index (χ1n) is 8.62. The molecule has 0 unspecified atom stereocenters. The van der Waals surface area contributed by atoms with Crippen molar-refractivity contribution >= 4 is 28.3 Å². The largest absolute Gasteiger partial charge is 0.445 e. The molecule has 0 radical (unpaired) electrons. The Bertz CT molecular complexity index is 1010. The smallest absolute Gasteiger partial charge is 0.342 e. The summed E-state index contributed by atoms with van der Waals surface area (Å²) >= 11 is 0.469. The number of nitrogens with zero attached hydrogens (tertiary/aromatic N) is 4. The van der Waals surface area contributed by atoms with Gasteiger partial charge in [0.2, 0.25) is 15.9 Å². The molecule has 3 aromatic rings. The molecular weight excluding hydrogens is 389 g/mol. The Morgan fingerprint density at radius 1 is 1.29 bits per heavy atom. The molecule has 0 aliphatic rings. The van der Waals surface area contributed by atoms with Gasteiger partial charge in [0.05, 0.1) is 11.4 Å². The lowest BCUT2D eigenvalue weighted by Crippen LogP contribution is -2.28. The number of carbonyl (C=O) groups excluding carboxylic acids is 1. The molecule has 148 valence electrons. The molecule has 0 bridgehead atoms. The molecule has 1 amide bonds. The lowest BCUT2D eigenvalue weighted by Gasteiger charge is -2.17. The van der Waals surface area contributed by atoms with Gasteiger partial charge in [0.15, 0.2) is 0 Å². The second kappa shape index (κ2) is 7.75. The van der Waals surface area contributed by atoms with E-state index in [2.05, 4.69) is 10.1 Å². The van der Waals surface area contributed by atoms with E-state index in [1.165, 1.54) is 12.2 Å². The molecule has 5 nitrogen and oxygen atoms in total. The zero-order valence-corrected chi connectivity index (χ0v) is 16.4. The van der Waals surface area contributed by atoms with Crippen LogP contribution < -0.4 is 0 Å². The standard InChI is InChI=1S/C19H19F3N4OS/c1-12(2)11-25(3)15(27)10-9-14-16(13-7-5-4-6-8-13)23-18-26(14)24-17(28-18)19(20,21)22/h4-10,12H,11H2,1-3H3. The second-order valence-corrected chi connectivity index (χ2v) is 7.71. The fourth-order valence-electron chi connectivity index (χ4n) is 2.75. The summed E-state index contributed by atoms with van der Waals surface area (Å²) in [6.07, 6.45) is -1.74. The predicted octanol–water partition coefficient (Wildman–Crippen LogP) is 4.60. The SMILES string of the molecule is CC(C)CN(C)C(=O)C=Cc1c(-c2ccccc2)nc2sc(C(F)(F)F)nn12. The van der Waals surface area contributed by atoms with E-state index in [1.54, 1.807) is 24.1 Å². The number of hydrogen-bond acceptors (Lipinski definition) is 4. The molecule has 0 spiro atoms. The van der Waals surface area contributed by atoms with E-state index < -0.39 is 11.2 Å². The normalized spacial score (nSPS) is 12.4. The van der Waals surface area contributed by atoms with E-state index in [0.717, 1.165) is 10.1 Å². The molecule has 28 heavy (non-hydrogen) atoms. The molecular formula is C19H19F3N4OS. The number of hydrogen-bond donors (Lipinski definition) is 0. The average molecular weight is 408 g/mol. The number of halogens is 3. The molecule has 0 saturated carbocycles. The summed E-state index contributed by atoms with van der Waals surface area (Å²) in [4.78, 5) is 18.3. The molecule has 9 heteroatoms. The first-order chi connectivity index (χ1) is 13.2. The van der Waals surface area contributed by atoms with E-state index in [-0.39, 0.29) is 10.9 Å². The Morgan fingerprint density at radius 2 is 1.96 bits per heavy atom. The van der Waals surface area contributed by atoms with Gasteiger partial charge in [-0.15, -0.1) is 5.10 Å². The predicted molar refractivity (Wildman–Crippen MR) is 103 cm³/mol. The Kier molecular flexibility index (Phi) is 5.55. The maximum absolute atomic E-state index is 13.0. The number of rotatable bonds is 5. The van der Waals surface area contributed by atoms with Crippen LogP contribution in [0.4, 0.5) is 13.2 Å². The van der Waals surface area contributed by atoms with Crippen LogP contribution in [0.2, 0.25) is 0 Å². The molecule has 0 atom stereocenters.